The molecule has 136 valence electrons. The van der Waals surface area contributed by atoms with E-state index in [1.807, 2.05) is 31.2 Å². The molecule has 4 rings (SSSR count). The molecule has 0 saturated heterocycles. The van der Waals surface area contributed by atoms with E-state index in [0.29, 0.717) is 17.4 Å². The molecule has 0 spiro atoms. The van der Waals surface area contributed by atoms with Gasteiger partial charge in [0, 0.05) is 16.8 Å². The van der Waals surface area contributed by atoms with E-state index in [1.165, 1.54) is 11.3 Å². The molecular weight excluding hydrogens is 382 g/mol. The van der Waals surface area contributed by atoms with Crippen molar-refractivity contribution in [1.82, 2.24) is 10.1 Å². The van der Waals surface area contributed by atoms with E-state index >= 15 is 0 Å². The maximum Gasteiger partial charge on any atom is 0.271 e. The largest absolute Gasteiger partial charge is 0.334 e. The molecule has 2 heterocycles. The summed E-state index contributed by atoms with van der Waals surface area (Å²) in [5.41, 5.74) is 3.20. The molecule has 0 aliphatic rings. The molecule has 0 amide bonds. The molecule has 6 nitrogen and oxygen atoms in total. The minimum atomic E-state index is -3.56. The van der Waals surface area contributed by atoms with Crippen molar-refractivity contribution in [2.75, 3.05) is 4.72 Å². The van der Waals surface area contributed by atoms with Crippen molar-refractivity contribution in [3.63, 3.8) is 0 Å². The van der Waals surface area contributed by atoms with Crippen molar-refractivity contribution in [3.05, 3.63) is 71.6 Å². The van der Waals surface area contributed by atoms with Crippen LogP contribution in [0.5, 0.6) is 0 Å². The highest BCUT2D eigenvalue weighted by atomic mass is 32.2. The number of hydrogen-bond acceptors (Lipinski definition) is 6. The first-order valence-corrected chi connectivity index (χ1v) is 10.4. The number of aryl methyl sites for hydroxylation is 1. The van der Waals surface area contributed by atoms with Crippen LogP contribution in [0.2, 0.25) is 0 Å². The van der Waals surface area contributed by atoms with E-state index in [9.17, 15) is 8.42 Å². The van der Waals surface area contributed by atoms with Gasteiger partial charge in [-0.15, -0.1) is 11.3 Å². The summed E-state index contributed by atoms with van der Waals surface area (Å²) in [6.07, 6.45) is 0. The number of anilines is 1. The summed E-state index contributed by atoms with van der Waals surface area (Å²) in [5.74, 6) is 0.880. The van der Waals surface area contributed by atoms with Gasteiger partial charge < -0.3 is 4.52 Å². The van der Waals surface area contributed by atoms with Crippen LogP contribution in [0.3, 0.4) is 0 Å². The second-order valence-electron chi connectivity index (χ2n) is 5.90. The van der Waals surface area contributed by atoms with Gasteiger partial charge in [0.05, 0.1) is 0 Å². The molecule has 0 fully saturated rings. The zero-order valence-corrected chi connectivity index (χ0v) is 15.9. The Hall–Kier alpha value is -2.97. The molecule has 1 N–H and O–H groups in total. The van der Waals surface area contributed by atoms with E-state index in [1.54, 1.807) is 41.8 Å². The van der Waals surface area contributed by atoms with Crippen molar-refractivity contribution in [2.24, 2.45) is 0 Å². The average Bonchev–Trinajstić information content (AvgIpc) is 3.35. The summed E-state index contributed by atoms with van der Waals surface area (Å²) in [4.78, 5) is 4.41. The summed E-state index contributed by atoms with van der Waals surface area (Å²) in [5, 5.41) is 5.73. The quantitative estimate of drug-likeness (QED) is 0.533. The van der Waals surface area contributed by atoms with E-state index in [4.69, 9.17) is 4.52 Å². The Morgan fingerprint density at radius 3 is 2.33 bits per heavy atom. The van der Waals surface area contributed by atoms with Crippen LogP contribution < -0.4 is 4.72 Å². The van der Waals surface area contributed by atoms with Crippen molar-refractivity contribution >= 4 is 27.0 Å². The van der Waals surface area contributed by atoms with Crippen LogP contribution in [0.25, 0.3) is 22.8 Å². The second-order valence-corrected chi connectivity index (χ2v) is 8.76. The minimum Gasteiger partial charge on any atom is -0.334 e. The number of aromatic nitrogens is 2. The highest BCUT2D eigenvalue weighted by Crippen LogP contribution is 2.25. The highest BCUT2D eigenvalue weighted by Gasteiger charge is 2.15. The third kappa shape index (κ3) is 3.76. The Kier molecular flexibility index (Phi) is 4.51. The van der Waals surface area contributed by atoms with Crippen LogP contribution in [0.4, 0.5) is 5.69 Å². The minimum absolute atomic E-state index is 0.271. The number of benzene rings is 2. The molecule has 0 atom stereocenters. The maximum absolute atomic E-state index is 12.3. The molecule has 2 aromatic carbocycles. The number of nitrogens with zero attached hydrogens (tertiary/aromatic N) is 2. The number of hydrogen-bond donors (Lipinski definition) is 1. The normalized spacial score (nSPS) is 11.4. The van der Waals surface area contributed by atoms with Crippen molar-refractivity contribution in [2.45, 2.75) is 11.1 Å². The standard InChI is InChI=1S/C19H15N3O3S2/c1-13-4-6-15(7-5-13)19-20-18(21-25-19)14-8-10-16(11-9-14)22-27(23,24)17-3-2-12-26-17/h2-12,22H,1H3. The van der Waals surface area contributed by atoms with Gasteiger partial charge in [0.2, 0.25) is 5.82 Å². The van der Waals surface area contributed by atoms with Gasteiger partial charge in [-0.2, -0.15) is 4.98 Å². The molecule has 4 aromatic rings. The molecule has 27 heavy (non-hydrogen) atoms. The summed E-state index contributed by atoms with van der Waals surface area (Å²) in [6.45, 7) is 2.01. The van der Waals surface area contributed by atoms with Crippen LogP contribution in [0, 0.1) is 6.92 Å². The molecule has 0 saturated carbocycles. The van der Waals surface area contributed by atoms with Crippen LogP contribution in [-0.2, 0) is 10.0 Å². The van der Waals surface area contributed by atoms with Gasteiger partial charge >= 0.3 is 0 Å². The highest BCUT2D eigenvalue weighted by molar-refractivity contribution is 7.94. The lowest BCUT2D eigenvalue weighted by atomic mass is 10.1. The Labute approximate surface area is 160 Å². The van der Waals surface area contributed by atoms with Gasteiger partial charge in [-0.25, -0.2) is 8.42 Å². The van der Waals surface area contributed by atoms with Gasteiger partial charge in [-0.3, -0.25) is 4.72 Å². The molecule has 2 aromatic heterocycles. The lowest BCUT2D eigenvalue weighted by Crippen LogP contribution is -2.11. The number of sulfonamides is 1. The maximum atomic E-state index is 12.3. The lowest BCUT2D eigenvalue weighted by Gasteiger charge is -2.06. The van der Waals surface area contributed by atoms with Gasteiger partial charge in [0.1, 0.15) is 4.21 Å². The van der Waals surface area contributed by atoms with E-state index in [0.717, 1.165) is 16.7 Å². The molecule has 0 aliphatic carbocycles. The van der Waals surface area contributed by atoms with Crippen LogP contribution in [0.15, 0.2) is 74.8 Å². The third-order valence-corrected chi connectivity index (χ3v) is 6.66. The van der Waals surface area contributed by atoms with Crippen LogP contribution in [-0.4, -0.2) is 18.6 Å². The topological polar surface area (TPSA) is 85.1 Å². The van der Waals surface area contributed by atoms with E-state index in [2.05, 4.69) is 14.9 Å². The molecule has 0 bridgehead atoms. The number of thiophene rings is 1. The van der Waals surface area contributed by atoms with E-state index < -0.39 is 10.0 Å². The molecule has 0 unspecified atom stereocenters. The van der Waals surface area contributed by atoms with Gasteiger partial charge in [-0.05, 0) is 54.8 Å². The third-order valence-electron chi connectivity index (χ3n) is 3.88. The van der Waals surface area contributed by atoms with Crippen LogP contribution in [0.1, 0.15) is 5.56 Å². The van der Waals surface area contributed by atoms with Gasteiger partial charge in [-0.1, -0.05) is 28.9 Å². The Bertz CT molecular complexity index is 1150. The summed E-state index contributed by atoms with van der Waals surface area (Å²) < 4.78 is 32.7. The van der Waals surface area contributed by atoms with Crippen molar-refractivity contribution in [1.29, 1.82) is 0 Å². The zero-order chi connectivity index (χ0) is 18.9. The smallest absolute Gasteiger partial charge is 0.271 e. The fourth-order valence-electron chi connectivity index (χ4n) is 2.46. The fourth-order valence-corrected chi connectivity index (χ4v) is 4.51. The molecule has 0 aliphatic heterocycles. The first-order chi connectivity index (χ1) is 13.0. The number of nitrogens with one attached hydrogen (secondary N) is 1. The summed E-state index contributed by atoms with van der Waals surface area (Å²) in [7, 11) is -3.56. The predicted octanol–water partition coefficient (Wildman–Crippen LogP) is 4.57. The summed E-state index contributed by atoms with van der Waals surface area (Å²) >= 11 is 1.17. The predicted molar refractivity (Wildman–Crippen MR) is 105 cm³/mol. The summed E-state index contributed by atoms with van der Waals surface area (Å²) in [6, 6.07) is 17.9. The lowest BCUT2D eigenvalue weighted by molar-refractivity contribution is 0.432. The number of rotatable bonds is 5. The second kappa shape index (κ2) is 6.98. The fraction of sp³-hybridized carbons (Fsp3) is 0.0526. The molecule has 0 radical (unpaired) electrons. The van der Waals surface area contributed by atoms with Crippen LogP contribution >= 0.6 is 11.3 Å². The van der Waals surface area contributed by atoms with Gasteiger partial charge in [0.25, 0.3) is 15.9 Å². The Morgan fingerprint density at radius 1 is 0.963 bits per heavy atom. The first kappa shape index (κ1) is 17.4. The molecule has 8 heteroatoms. The van der Waals surface area contributed by atoms with Crippen molar-refractivity contribution < 1.29 is 12.9 Å². The average molecular weight is 397 g/mol. The first-order valence-electron chi connectivity index (χ1n) is 8.09. The Morgan fingerprint density at radius 2 is 1.67 bits per heavy atom. The van der Waals surface area contributed by atoms with E-state index in [-0.39, 0.29) is 4.21 Å². The van der Waals surface area contributed by atoms with Crippen molar-refractivity contribution in [3.8, 4) is 22.8 Å². The zero-order valence-electron chi connectivity index (χ0n) is 14.3. The Balaban J connectivity index is 1.54. The monoisotopic (exact) mass is 397 g/mol. The molecular formula is C19H15N3O3S2. The SMILES string of the molecule is Cc1ccc(-c2nc(-c3ccc(NS(=O)(=O)c4cccs4)cc3)no2)cc1. The van der Waals surface area contributed by atoms with Gasteiger partial charge in [0.15, 0.2) is 0 Å².